The van der Waals surface area contributed by atoms with E-state index in [1.54, 1.807) is 6.07 Å². The van der Waals surface area contributed by atoms with Gasteiger partial charge in [-0.25, -0.2) is 8.42 Å². The second kappa shape index (κ2) is 10.5. The number of thioether (sulfide) groups is 1. The molecule has 0 aromatic heterocycles. The molecule has 156 valence electrons. The molecule has 0 saturated heterocycles. The van der Waals surface area contributed by atoms with Crippen LogP contribution < -0.4 is 10.6 Å². The maximum absolute atomic E-state index is 11.9. The molecule has 0 heterocycles. The van der Waals surface area contributed by atoms with Crippen LogP contribution in [0.2, 0.25) is 5.02 Å². The van der Waals surface area contributed by atoms with E-state index in [0.717, 1.165) is 17.9 Å². The predicted molar refractivity (Wildman–Crippen MR) is 115 cm³/mol. The van der Waals surface area contributed by atoms with Gasteiger partial charge in [0.15, 0.2) is 9.84 Å². The van der Waals surface area contributed by atoms with E-state index in [0.29, 0.717) is 10.8 Å². The van der Waals surface area contributed by atoms with Crippen LogP contribution >= 0.6 is 23.4 Å². The molecule has 0 spiro atoms. The van der Waals surface area contributed by atoms with Crippen LogP contribution in [0.5, 0.6) is 0 Å². The molecule has 8 nitrogen and oxygen atoms in total. The third-order valence-corrected chi connectivity index (χ3v) is 6.10. The molecule has 0 aliphatic rings. The van der Waals surface area contributed by atoms with E-state index in [1.807, 2.05) is 18.2 Å². The van der Waals surface area contributed by atoms with Gasteiger partial charge in [0.25, 0.3) is 5.69 Å². The molecule has 0 bridgehead atoms. The number of hydrogen-bond donors (Lipinski definition) is 2. The Morgan fingerprint density at radius 2 is 1.97 bits per heavy atom. The lowest BCUT2D eigenvalue weighted by molar-refractivity contribution is -0.384. The highest BCUT2D eigenvalue weighted by Crippen LogP contribution is 2.27. The number of amides is 1. The van der Waals surface area contributed by atoms with Crippen molar-refractivity contribution >= 4 is 50.5 Å². The van der Waals surface area contributed by atoms with Crippen molar-refractivity contribution in [1.82, 2.24) is 5.32 Å². The highest BCUT2D eigenvalue weighted by molar-refractivity contribution is 7.99. The van der Waals surface area contributed by atoms with Crippen LogP contribution in [0.1, 0.15) is 5.56 Å². The Morgan fingerprint density at radius 3 is 2.62 bits per heavy atom. The molecule has 29 heavy (non-hydrogen) atoms. The minimum Gasteiger partial charge on any atom is -0.378 e. The predicted octanol–water partition coefficient (Wildman–Crippen LogP) is 3.11. The van der Waals surface area contributed by atoms with Crippen LogP contribution in [-0.4, -0.2) is 44.3 Å². The maximum atomic E-state index is 11.9. The van der Waals surface area contributed by atoms with Crippen LogP contribution in [0, 0.1) is 10.1 Å². The number of nitro benzene ring substituents is 1. The van der Waals surface area contributed by atoms with Crippen molar-refractivity contribution in [2.24, 2.45) is 0 Å². The first-order chi connectivity index (χ1) is 13.7. The smallest absolute Gasteiger partial charge is 0.293 e. The van der Waals surface area contributed by atoms with Gasteiger partial charge in [0.1, 0.15) is 5.69 Å². The number of carbonyl (C=O) groups is 1. The summed E-state index contributed by atoms with van der Waals surface area (Å²) >= 11 is 7.37. The number of anilines is 1. The number of rotatable bonds is 10. The molecule has 0 fully saturated rings. The van der Waals surface area contributed by atoms with Gasteiger partial charge in [-0.05, 0) is 29.8 Å². The van der Waals surface area contributed by atoms with Crippen LogP contribution in [0.15, 0.2) is 47.4 Å². The zero-order valence-electron chi connectivity index (χ0n) is 15.6. The molecular weight excluding hydrogens is 438 g/mol. The minimum atomic E-state index is -3.54. The van der Waals surface area contributed by atoms with Crippen molar-refractivity contribution in [2.75, 3.05) is 30.4 Å². The molecule has 2 rings (SSSR count). The number of hydrogen-bond acceptors (Lipinski definition) is 7. The number of nitrogens with zero attached hydrogens (tertiary/aromatic N) is 1. The van der Waals surface area contributed by atoms with Gasteiger partial charge in [-0.2, -0.15) is 0 Å². The lowest BCUT2D eigenvalue weighted by atomic mass is 10.2. The zero-order valence-corrected chi connectivity index (χ0v) is 17.9. The second-order valence-corrected chi connectivity index (χ2v) is 9.55. The molecule has 2 aromatic rings. The fraction of sp³-hybridized carbons (Fsp3) is 0.278. The first-order valence-electron chi connectivity index (χ1n) is 8.48. The summed E-state index contributed by atoms with van der Waals surface area (Å²) in [5, 5.41) is 17.4. The molecule has 0 aliphatic heterocycles. The fourth-order valence-corrected chi connectivity index (χ4v) is 4.04. The normalized spacial score (nSPS) is 11.1. The molecule has 0 atom stereocenters. The highest BCUT2D eigenvalue weighted by Gasteiger charge is 2.18. The summed E-state index contributed by atoms with van der Waals surface area (Å²) in [6.07, 6.45) is 0.985. The quantitative estimate of drug-likeness (QED) is 0.319. The Kier molecular flexibility index (Phi) is 8.30. The standard InChI is InChI=1S/C18H20ClN3O5S2/c1-29(26,27)15-5-6-16(17(10-15)22(24)25)20-7-8-21-18(23)12-28-11-13-3-2-4-14(19)9-13/h2-6,9-10,20H,7-8,11-12H2,1H3,(H,21,23). The molecular formula is C18H20ClN3O5S2. The molecule has 2 N–H and O–H groups in total. The number of sulfone groups is 1. The van der Waals surface area contributed by atoms with E-state index in [9.17, 15) is 23.3 Å². The molecule has 0 aliphatic carbocycles. The number of carbonyl (C=O) groups excluding carboxylic acids is 1. The number of halogens is 1. The van der Waals surface area contributed by atoms with Crippen molar-refractivity contribution in [3.8, 4) is 0 Å². The van der Waals surface area contributed by atoms with Crippen molar-refractivity contribution in [3.63, 3.8) is 0 Å². The number of nitro groups is 1. The van der Waals surface area contributed by atoms with Crippen LogP contribution in [-0.2, 0) is 20.4 Å². The SMILES string of the molecule is CS(=O)(=O)c1ccc(NCCNC(=O)CSCc2cccc(Cl)c2)c([N+](=O)[O-])c1. The van der Waals surface area contributed by atoms with E-state index in [4.69, 9.17) is 11.6 Å². The van der Waals surface area contributed by atoms with Crippen molar-refractivity contribution < 1.29 is 18.1 Å². The van der Waals surface area contributed by atoms with Gasteiger partial charge in [0.2, 0.25) is 5.91 Å². The second-order valence-electron chi connectivity index (χ2n) is 6.11. The molecule has 0 saturated carbocycles. The Morgan fingerprint density at radius 1 is 1.21 bits per heavy atom. The molecule has 0 unspecified atom stereocenters. The van der Waals surface area contributed by atoms with Gasteiger partial charge < -0.3 is 10.6 Å². The Labute approximate surface area is 178 Å². The molecule has 1 amide bonds. The third kappa shape index (κ3) is 7.56. The topological polar surface area (TPSA) is 118 Å². The summed E-state index contributed by atoms with van der Waals surface area (Å²) < 4.78 is 23.1. The lowest BCUT2D eigenvalue weighted by Crippen LogP contribution is -2.30. The first kappa shape index (κ1) is 23.0. The lowest BCUT2D eigenvalue weighted by Gasteiger charge is -2.09. The van der Waals surface area contributed by atoms with E-state index in [1.165, 1.54) is 23.9 Å². The van der Waals surface area contributed by atoms with E-state index in [-0.39, 0.29) is 41.0 Å². The Hall–Kier alpha value is -2.30. The molecule has 11 heteroatoms. The zero-order chi connectivity index (χ0) is 21.4. The summed E-state index contributed by atoms with van der Waals surface area (Å²) in [5.74, 6) is 0.779. The van der Waals surface area contributed by atoms with Gasteiger partial charge in [0, 0.05) is 36.2 Å². The van der Waals surface area contributed by atoms with E-state index < -0.39 is 14.8 Å². The summed E-state index contributed by atoms with van der Waals surface area (Å²) in [4.78, 5) is 22.3. The van der Waals surface area contributed by atoms with Gasteiger partial charge >= 0.3 is 0 Å². The summed E-state index contributed by atoms with van der Waals surface area (Å²) in [5.41, 5.74) is 0.880. The summed E-state index contributed by atoms with van der Waals surface area (Å²) in [6, 6.07) is 11.1. The van der Waals surface area contributed by atoms with Gasteiger partial charge in [-0.3, -0.25) is 14.9 Å². The number of nitrogens with one attached hydrogen (secondary N) is 2. The third-order valence-electron chi connectivity index (χ3n) is 3.75. The number of benzene rings is 2. The minimum absolute atomic E-state index is 0.125. The first-order valence-corrected chi connectivity index (χ1v) is 11.9. The van der Waals surface area contributed by atoms with Gasteiger partial charge in [0.05, 0.1) is 15.6 Å². The van der Waals surface area contributed by atoms with Gasteiger partial charge in [-0.1, -0.05) is 23.7 Å². The average Bonchev–Trinajstić information content (AvgIpc) is 2.64. The largest absolute Gasteiger partial charge is 0.378 e. The van der Waals surface area contributed by atoms with Crippen LogP contribution in [0.25, 0.3) is 0 Å². The molecule has 2 aromatic carbocycles. The van der Waals surface area contributed by atoms with E-state index in [2.05, 4.69) is 10.6 Å². The van der Waals surface area contributed by atoms with E-state index >= 15 is 0 Å². The highest BCUT2D eigenvalue weighted by atomic mass is 35.5. The maximum Gasteiger partial charge on any atom is 0.293 e. The Balaban J connectivity index is 1.78. The van der Waals surface area contributed by atoms with Crippen LogP contribution in [0.3, 0.4) is 0 Å². The van der Waals surface area contributed by atoms with Crippen molar-refractivity contribution in [3.05, 3.63) is 63.2 Å². The van der Waals surface area contributed by atoms with Gasteiger partial charge in [-0.15, -0.1) is 11.8 Å². The van der Waals surface area contributed by atoms with Crippen LogP contribution in [0.4, 0.5) is 11.4 Å². The van der Waals surface area contributed by atoms with Crippen molar-refractivity contribution in [2.45, 2.75) is 10.6 Å². The fourth-order valence-electron chi connectivity index (χ4n) is 2.38. The Bertz CT molecular complexity index is 999. The summed E-state index contributed by atoms with van der Waals surface area (Å²) in [6.45, 7) is 0.519. The summed E-state index contributed by atoms with van der Waals surface area (Å²) in [7, 11) is -3.54. The molecule has 0 radical (unpaired) electrons. The van der Waals surface area contributed by atoms with Crippen molar-refractivity contribution in [1.29, 1.82) is 0 Å². The average molecular weight is 458 g/mol. The monoisotopic (exact) mass is 457 g/mol.